The molecular formula is C16H20ClNO3. The van der Waals surface area contributed by atoms with Gasteiger partial charge in [-0.2, -0.15) is 0 Å². The van der Waals surface area contributed by atoms with E-state index in [1.165, 1.54) is 0 Å². The van der Waals surface area contributed by atoms with Crippen molar-refractivity contribution >= 4 is 17.6 Å². The van der Waals surface area contributed by atoms with Crippen molar-refractivity contribution in [1.29, 1.82) is 0 Å². The van der Waals surface area contributed by atoms with Crippen LogP contribution < -0.4 is 4.74 Å². The fourth-order valence-corrected chi connectivity index (χ4v) is 3.51. The summed E-state index contributed by atoms with van der Waals surface area (Å²) in [5.41, 5.74) is 1.12. The van der Waals surface area contributed by atoms with Gasteiger partial charge in [-0.25, -0.2) is 0 Å². The zero-order valence-electron chi connectivity index (χ0n) is 11.9. The van der Waals surface area contributed by atoms with Gasteiger partial charge in [-0.05, 0) is 43.1 Å². The Kier molecular flexibility index (Phi) is 4.36. The van der Waals surface area contributed by atoms with Crippen LogP contribution in [0.15, 0.2) is 18.2 Å². The first kappa shape index (κ1) is 14.7. The van der Waals surface area contributed by atoms with E-state index in [2.05, 4.69) is 4.90 Å². The lowest BCUT2D eigenvalue weighted by atomic mass is 10.1. The van der Waals surface area contributed by atoms with Crippen molar-refractivity contribution < 1.29 is 14.6 Å². The highest BCUT2D eigenvalue weighted by Gasteiger charge is 2.32. The minimum atomic E-state index is -0.713. The number of carboxylic acids is 1. The van der Waals surface area contributed by atoms with Crippen molar-refractivity contribution in [2.75, 3.05) is 13.1 Å². The zero-order chi connectivity index (χ0) is 14.8. The molecule has 1 N–H and O–H groups in total. The van der Waals surface area contributed by atoms with Crippen molar-refractivity contribution in [3.8, 4) is 5.75 Å². The molecule has 2 aliphatic heterocycles. The first-order chi connectivity index (χ1) is 10.1. The number of halogens is 1. The molecule has 1 fully saturated rings. The molecule has 0 saturated carbocycles. The third-order valence-electron chi connectivity index (χ3n) is 4.35. The van der Waals surface area contributed by atoms with Crippen LogP contribution in [0.5, 0.6) is 5.75 Å². The van der Waals surface area contributed by atoms with Gasteiger partial charge < -0.3 is 9.84 Å². The van der Waals surface area contributed by atoms with Gasteiger partial charge >= 0.3 is 5.97 Å². The Morgan fingerprint density at radius 3 is 3.05 bits per heavy atom. The number of likely N-dealkylation sites (tertiary alicyclic amines) is 1. The topological polar surface area (TPSA) is 49.8 Å². The van der Waals surface area contributed by atoms with E-state index in [1.54, 1.807) is 0 Å². The molecule has 0 aromatic heterocycles. The number of benzene rings is 1. The highest BCUT2D eigenvalue weighted by Crippen LogP contribution is 2.32. The Labute approximate surface area is 129 Å². The first-order valence-corrected chi connectivity index (χ1v) is 7.93. The van der Waals surface area contributed by atoms with Gasteiger partial charge in [-0.3, -0.25) is 9.69 Å². The number of ether oxygens (including phenoxy) is 1. The second-order valence-electron chi connectivity index (χ2n) is 5.89. The summed E-state index contributed by atoms with van der Waals surface area (Å²) in [4.78, 5) is 13.5. The van der Waals surface area contributed by atoms with Crippen molar-refractivity contribution in [3.63, 3.8) is 0 Å². The van der Waals surface area contributed by atoms with Crippen LogP contribution in [0.25, 0.3) is 0 Å². The first-order valence-electron chi connectivity index (χ1n) is 7.55. The van der Waals surface area contributed by atoms with E-state index in [0.29, 0.717) is 6.54 Å². The standard InChI is InChI=1S/C16H20ClNO3/c17-12-5-6-15-11(8-12)9-13(21-15)10-18-7-3-1-2-4-14(18)16(19)20/h5-6,8,13-14H,1-4,7,9-10H2,(H,19,20). The molecular weight excluding hydrogens is 290 g/mol. The number of carboxylic acid groups (broad SMARTS) is 1. The molecule has 21 heavy (non-hydrogen) atoms. The Morgan fingerprint density at radius 1 is 1.38 bits per heavy atom. The number of fused-ring (bicyclic) bond motifs is 1. The molecule has 114 valence electrons. The second kappa shape index (κ2) is 6.24. The van der Waals surface area contributed by atoms with Crippen LogP contribution in [0, 0.1) is 0 Å². The maximum atomic E-state index is 11.5. The third-order valence-corrected chi connectivity index (χ3v) is 4.59. The van der Waals surface area contributed by atoms with E-state index in [0.717, 1.165) is 55.0 Å². The Hall–Kier alpha value is -1.26. The fraction of sp³-hybridized carbons (Fsp3) is 0.562. The molecule has 3 rings (SSSR count). The molecule has 0 aliphatic carbocycles. The van der Waals surface area contributed by atoms with Crippen molar-refractivity contribution in [2.45, 2.75) is 44.2 Å². The van der Waals surface area contributed by atoms with Crippen LogP contribution in [0.3, 0.4) is 0 Å². The van der Waals surface area contributed by atoms with Crippen LogP contribution in [-0.2, 0) is 11.2 Å². The molecule has 0 bridgehead atoms. The summed E-state index contributed by atoms with van der Waals surface area (Å²) < 4.78 is 5.94. The second-order valence-corrected chi connectivity index (χ2v) is 6.33. The molecule has 5 heteroatoms. The predicted octanol–water partition coefficient (Wildman–Crippen LogP) is 2.97. The quantitative estimate of drug-likeness (QED) is 0.932. The van der Waals surface area contributed by atoms with Gasteiger partial charge in [0.05, 0.1) is 0 Å². The van der Waals surface area contributed by atoms with E-state index in [4.69, 9.17) is 16.3 Å². The minimum Gasteiger partial charge on any atom is -0.488 e. The molecule has 4 nitrogen and oxygen atoms in total. The normalized spacial score (nSPS) is 26.0. The lowest BCUT2D eigenvalue weighted by Gasteiger charge is -2.28. The summed E-state index contributed by atoms with van der Waals surface area (Å²) >= 11 is 6.01. The lowest BCUT2D eigenvalue weighted by molar-refractivity contribution is -0.143. The highest BCUT2D eigenvalue weighted by atomic mass is 35.5. The van der Waals surface area contributed by atoms with E-state index >= 15 is 0 Å². The van der Waals surface area contributed by atoms with Crippen LogP contribution in [0.2, 0.25) is 5.02 Å². The van der Waals surface area contributed by atoms with Crippen molar-refractivity contribution in [3.05, 3.63) is 28.8 Å². The highest BCUT2D eigenvalue weighted by molar-refractivity contribution is 6.30. The smallest absolute Gasteiger partial charge is 0.320 e. The molecule has 2 heterocycles. The van der Waals surface area contributed by atoms with Gasteiger partial charge in [0, 0.05) is 18.0 Å². The maximum absolute atomic E-state index is 11.5. The molecule has 1 aromatic carbocycles. The number of aliphatic carboxylic acids is 1. The summed E-state index contributed by atoms with van der Waals surface area (Å²) in [6, 6.07) is 5.29. The molecule has 2 aliphatic rings. The van der Waals surface area contributed by atoms with Gasteiger partial charge in [-0.15, -0.1) is 0 Å². The average molecular weight is 310 g/mol. The van der Waals surface area contributed by atoms with E-state index in [9.17, 15) is 9.90 Å². The third kappa shape index (κ3) is 3.33. The lowest BCUT2D eigenvalue weighted by Crippen LogP contribution is -2.45. The molecule has 0 radical (unpaired) electrons. The number of hydrogen-bond donors (Lipinski definition) is 1. The number of rotatable bonds is 3. The largest absolute Gasteiger partial charge is 0.488 e. The van der Waals surface area contributed by atoms with E-state index < -0.39 is 5.97 Å². The summed E-state index contributed by atoms with van der Waals surface area (Å²) in [6.45, 7) is 1.51. The fourth-order valence-electron chi connectivity index (χ4n) is 3.32. The molecule has 0 spiro atoms. The molecule has 1 aromatic rings. The van der Waals surface area contributed by atoms with Crippen molar-refractivity contribution in [2.24, 2.45) is 0 Å². The molecule has 1 saturated heterocycles. The summed E-state index contributed by atoms with van der Waals surface area (Å²) in [6.07, 6.45) is 4.74. The Balaban J connectivity index is 1.67. The van der Waals surface area contributed by atoms with E-state index in [-0.39, 0.29) is 12.1 Å². The van der Waals surface area contributed by atoms with Gasteiger partial charge in [0.25, 0.3) is 0 Å². The summed E-state index contributed by atoms with van der Waals surface area (Å²) in [5.74, 6) is 0.168. The van der Waals surface area contributed by atoms with Crippen LogP contribution in [0.1, 0.15) is 31.2 Å². The summed E-state index contributed by atoms with van der Waals surface area (Å²) in [7, 11) is 0. The van der Waals surface area contributed by atoms with Crippen molar-refractivity contribution in [1.82, 2.24) is 4.90 Å². The monoisotopic (exact) mass is 309 g/mol. The number of nitrogens with zero attached hydrogens (tertiary/aromatic N) is 1. The minimum absolute atomic E-state index is 0.0263. The molecule has 2 atom stereocenters. The van der Waals surface area contributed by atoms with Crippen LogP contribution in [-0.4, -0.2) is 41.2 Å². The molecule has 2 unspecified atom stereocenters. The van der Waals surface area contributed by atoms with Gasteiger partial charge in [0.15, 0.2) is 0 Å². The van der Waals surface area contributed by atoms with Crippen LogP contribution >= 0.6 is 11.6 Å². The van der Waals surface area contributed by atoms with Gasteiger partial charge in [-0.1, -0.05) is 24.4 Å². The maximum Gasteiger partial charge on any atom is 0.320 e. The van der Waals surface area contributed by atoms with Crippen LogP contribution in [0.4, 0.5) is 0 Å². The SMILES string of the molecule is O=C(O)C1CCCCCN1CC1Cc2cc(Cl)ccc2O1. The Morgan fingerprint density at radius 2 is 2.24 bits per heavy atom. The number of carbonyl (C=O) groups is 1. The zero-order valence-corrected chi connectivity index (χ0v) is 12.7. The van der Waals surface area contributed by atoms with Gasteiger partial charge in [0.2, 0.25) is 0 Å². The average Bonchev–Trinajstić information content (AvgIpc) is 2.66. The molecule has 0 amide bonds. The Bertz CT molecular complexity index is 534. The van der Waals surface area contributed by atoms with E-state index in [1.807, 2.05) is 18.2 Å². The number of hydrogen-bond acceptors (Lipinski definition) is 3. The van der Waals surface area contributed by atoms with Gasteiger partial charge in [0.1, 0.15) is 17.9 Å². The predicted molar refractivity (Wildman–Crippen MR) is 81.0 cm³/mol. The summed E-state index contributed by atoms with van der Waals surface area (Å²) in [5, 5.41) is 10.1.